The number of aryl methyl sites for hydroxylation is 1. The first kappa shape index (κ1) is 25.3. The number of amides is 1. The van der Waals surface area contributed by atoms with Gasteiger partial charge in [0.1, 0.15) is 0 Å². The van der Waals surface area contributed by atoms with Crippen molar-refractivity contribution in [2.45, 2.75) is 78.1 Å². The molecular formula is C30H41N3O2. The second kappa shape index (κ2) is 10.0. The first-order chi connectivity index (χ1) is 16.6. The molecule has 1 saturated carbocycles. The number of carbonyl (C=O) groups excluding carboxylic acids is 1. The summed E-state index contributed by atoms with van der Waals surface area (Å²) in [5.41, 5.74) is 8.10. The van der Waals surface area contributed by atoms with E-state index in [1.807, 2.05) is 34.3 Å². The molecule has 3 aromatic rings. The summed E-state index contributed by atoms with van der Waals surface area (Å²) >= 11 is 0. The predicted molar refractivity (Wildman–Crippen MR) is 145 cm³/mol. The molecule has 1 fully saturated rings. The number of nitrogens with zero attached hydrogens (tertiary/aromatic N) is 2. The van der Waals surface area contributed by atoms with Crippen molar-refractivity contribution in [1.82, 2.24) is 14.5 Å². The molecule has 1 aliphatic carbocycles. The Hall–Kier alpha value is -2.82. The van der Waals surface area contributed by atoms with E-state index in [-0.39, 0.29) is 11.5 Å². The van der Waals surface area contributed by atoms with Crippen molar-refractivity contribution in [2.24, 2.45) is 13.0 Å². The van der Waals surface area contributed by atoms with Crippen molar-refractivity contribution in [3.8, 4) is 11.3 Å². The lowest BCUT2D eigenvalue weighted by molar-refractivity contribution is -0.129. The molecule has 5 nitrogen and oxygen atoms in total. The maximum Gasteiger partial charge on any atom is 0.253 e. The van der Waals surface area contributed by atoms with Gasteiger partial charge in [0.15, 0.2) is 0 Å². The standard InChI is InChI=1S/C30H41N3O2/c1-18(2)28-24-16-23(22-11-8-21(9-12-22)10-15-27(34)32(5)6)13-14-26(24)31-29(28)25-17-33(7)30(35)20(4)19(25)3/h13-14,16-18,21-22,31H,8-12,15H2,1-7H3. The Labute approximate surface area is 209 Å². The molecule has 0 saturated heterocycles. The molecule has 35 heavy (non-hydrogen) atoms. The predicted octanol–water partition coefficient (Wildman–Crippen LogP) is 6.42. The molecule has 1 amide bonds. The monoisotopic (exact) mass is 475 g/mol. The average Bonchev–Trinajstić information content (AvgIpc) is 3.22. The molecule has 5 heteroatoms. The van der Waals surface area contributed by atoms with Crippen LogP contribution in [0, 0.1) is 19.8 Å². The van der Waals surface area contributed by atoms with Crippen LogP contribution in [0.3, 0.4) is 0 Å². The highest BCUT2D eigenvalue weighted by Gasteiger charge is 2.25. The average molecular weight is 476 g/mol. The van der Waals surface area contributed by atoms with Crippen LogP contribution in [0.4, 0.5) is 0 Å². The molecule has 188 valence electrons. The molecule has 0 unspecified atom stereocenters. The first-order valence-corrected chi connectivity index (χ1v) is 13.1. The smallest absolute Gasteiger partial charge is 0.253 e. The minimum atomic E-state index is 0.0671. The highest BCUT2D eigenvalue weighted by atomic mass is 16.2. The number of aromatic amines is 1. The van der Waals surface area contributed by atoms with Gasteiger partial charge < -0.3 is 14.5 Å². The zero-order valence-electron chi connectivity index (χ0n) is 22.5. The van der Waals surface area contributed by atoms with Crippen LogP contribution in [-0.4, -0.2) is 34.5 Å². The van der Waals surface area contributed by atoms with Gasteiger partial charge in [-0.1, -0.05) is 19.9 Å². The van der Waals surface area contributed by atoms with Crippen molar-refractivity contribution >= 4 is 16.8 Å². The van der Waals surface area contributed by atoms with Crippen molar-refractivity contribution in [2.75, 3.05) is 14.1 Å². The third kappa shape index (κ3) is 4.96. The Bertz CT molecular complexity index is 1290. The Morgan fingerprint density at radius 1 is 1.11 bits per heavy atom. The Morgan fingerprint density at radius 3 is 2.43 bits per heavy atom. The number of aromatic nitrogens is 2. The quantitative estimate of drug-likeness (QED) is 0.447. The van der Waals surface area contributed by atoms with Crippen molar-refractivity contribution < 1.29 is 4.79 Å². The zero-order valence-corrected chi connectivity index (χ0v) is 22.5. The van der Waals surface area contributed by atoms with Gasteiger partial charge in [0.2, 0.25) is 5.91 Å². The molecule has 2 aromatic heterocycles. The number of pyridine rings is 1. The third-order valence-electron chi connectivity index (χ3n) is 8.22. The van der Waals surface area contributed by atoms with Gasteiger partial charge in [0.25, 0.3) is 5.56 Å². The minimum Gasteiger partial charge on any atom is -0.354 e. The Morgan fingerprint density at radius 2 is 1.80 bits per heavy atom. The van der Waals surface area contributed by atoms with E-state index in [0.717, 1.165) is 34.3 Å². The normalized spacial score (nSPS) is 18.4. The molecule has 4 rings (SSSR count). The van der Waals surface area contributed by atoms with Crippen LogP contribution in [0.5, 0.6) is 0 Å². The van der Waals surface area contributed by atoms with Gasteiger partial charge in [-0.15, -0.1) is 0 Å². The number of rotatable bonds is 6. The van der Waals surface area contributed by atoms with Crippen molar-refractivity contribution in [1.29, 1.82) is 0 Å². The van der Waals surface area contributed by atoms with Gasteiger partial charge in [0.05, 0.1) is 5.69 Å². The van der Waals surface area contributed by atoms with E-state index in [4.69, 9.17) is 0 Å². The van der Waals surface area contributed by atoms with Crippen LogP contribution in [0.25, 0.3) is 22.2 Å². The van der Waals surface area contributed by atoms with E-state index < -0.39 is 0 Å². The zero-order chi connectivity index (χ0) is 25.4. The lowest BCUT2D eigenvalue weighted by atomic mass is 9.77. The largest absolute Gasteiger partial charge is 0.354 e. The molecule has 0 atom stereocenters. The SMILES string of the molecule is Cc1c(-c2[nH]c3ccc(C4CCC(CCC(=O)N(C)C)CC4)cc3c2C(C)C)cn(C)c(=O)c1C. The number of nitrogens with one attached hydrogen (secondary N) is 1. The van der Waals surface area contributed by atoms with Crippen LogP contribution in [0.15, 0.2) is 29.2 Å². The third-order valence-corrected chi connectivity index (χ3v) is 8.22. The molecule has 1 aromatic carbocycles. The summed E-state index contributed by atoms with van der Waals surface area (Å²) in [6.45, 7) is 8.48. The highest BCUT2D eigenvalue weighted by molar-refractivity contribution is 5.92. The molecule has 1 aliphatic rings. The van der Waals surface area contributed by atoms with Gasteiger partial charge in [-0.05, 0) is 92.5 Å². The highest BCUT2D eigenvalue weighted by Crippen LogP contribution is 2.41. The summed E-state index contributed by atoms with van der Waals surface area (Å²) in [6, 6.07) is 6.95. The molecule has 0 radical (unpaired) electrons. The lowest BCUT2D eigenvalue weighted by Gasteiger charge is -2.29. The number of hydrogen-bond donors (Lipinski definition) is 1. The van der Waals surface area contributed by atoms with E-state index in [1.54, 1.807) is 9.47 Å². The van der Waals surface area contributed by atoms with Crippen LogP contribution in [0.1, 0.15) is 86.5 Å². The molecule has 2 heterocycles. The minimum absolute atomic E-state index is 0.0671. The molecular weight excluding hydrogens is 434 g/mol. The fraction of sp³-hybridized carbons (Fsp3) is 0.533. The fourth-order valence-electron chi connectivity index (χ4n) is 5.86. The summed E-state index contributed by atoms with van der Waals surface area (Å²) in [4.78, 5) is 29.8. The number of hydrogen-bond acceptors (Lipinski definition) is 2. The van der Waals surface area contributed by atoms with Crippen LogP contribution >= 0.6 is 0 Å². The van der Waals surface area contributed by atoms with Gasteiger partial charge >= 0.3 is 0 Å². The topological polar surface area (TPSA) is 58.1 Å². The Kier molecular flexibility index (Phi) is 7.25. The van der Waals surface area contributed by atoms with Gasteiger partial charge in [-0.2, -0.15) is 0 Å². The van der Waals surface area contributed by atoms with Crippen LogP contribution < -0.4 is 5.56 Å². The second-order valence-corrected chi connectivity index (χ2v) is 11.1. The molecule has 1 N–H and O–H groups in total. The number of H-pyrrole nitrogens is 1. The van der Waals surface area contributed by atoms with E-state index in [9.17, 15) is 9.59 Å². The van der Waals surface area contributed by atoms with E-state index in [1.165, 1.54) is 42.2 Å². The number of benzene rings is 1. The number of fused-ring (bicyclic) bond motifs is 1. The summed E-state index contributed by atoms with van der Waals surface area (Å²) in [6.07, 6.45) is 8.45. The summed E-state index contributed by atoms with van der Waals surface area (Å²) in [7, 11) is 5.52. The molecule has 0 bridgehead atoms. The van der Waals surface area contributed by atoms with E-state index in [0.29, 0.717) is 24.2 Å². The van der Waals surface area contributed by atoms with E-state index in [2.05, 4.69) is 44.0 Å². The maximum absolute atomic E-state index is 12.4. The fourth-order valence-corrected chi connectivity index (χ4v) is 5.86. The van der Waals surface area contributed by atoms with Crippen molar-refractivity contribution in [3.63, 3.8) is 0 Å². The van der Waals surface area contributed by atoms with Gasteiger partial charge in [-0.3, -0.25) is 9.59 Å². The Balaban J connectivity index is 1.62. The summed E-state index contributed by atoms with van der Waals surface area (Å²) < 4.78 is 1.70. The molecule has 0 aliphatic heterocycles. The van der Waals surface area contributed by atoms with Gasteiger partial charge in [0, 0.05) is 55.8 Å². The van der Waals surface area contributed by atoms with Crippen molar-refractivity contribution in [3.05, 3.63) is 57.0 Å². The molecule has 0 spiro atoms. The first-order valence-electron chi connectivity index (χ1n) is 13.1. The number of carbonyl (C=O) groups is 1. The van der Waals surface area contributed by atoms with E-state index >= 15 is 0 Å². The summed E-state index contributed by atoms with van der Waals surface area (Å²) in [5, 5.41) is 1.30. The second-order valence-electron chi connectivity index (χ2n) is 11.1. The maximum atomic E-state index is 12.4. The van der Waals surface area contributed by atoms with Gasteiger partial charge in [-0.25, -0.2) is 0 Å². The summed E-state index contributed by atoms with van der Waals surface area (Å²) in [5.74, 6) is 1.85. The lowest BCUT2D eigenvalue weighted by Crippen LogP contribution is -2.23. The van der Waals surface area contributed by atoms with Crippen LogP contribution in [-0.2, 0) is 11.8 Å². The van der Waals surface area contributed by atoms with Crippen LogP contribution in [0.2, 0.25) is 0 Å².